The normalized spacial score (nSPS) is 20.6. The Balaban J connectivity index is 2.00. The van der Waals surface area contributed by atoms with E-state index in [-0.39, 0.29) is 30.7 Å². The molecule has 0 bridgehead atoms. The maximum absolute atomic E-state index is 12.3. The van der Waals surface area contributed by atoms with E-state index in [1.807, 2.05) is 51.1 Å². The van der Waals surface area contributed by atoms with Crippen LogP contribution in [0.15, 0.2) is 30.3 Å². The van der Waals surface area contributed by atoms with E-state index in [1.54, 1.807) is 0 Å². The molecule has 4 nitrogen and oxygen atoms in total. The predicted molar refractivity (Wildman–Crippen MR) is 80.0 cm³/mol. The van der Waals surface area contributed by atoms with E-state index in [9.17, 15) is 13.5 Å². The highest BCUT2D eigenvalue weighted by Gasteiger charge is 2.48. The first-order valence-corrected chi connectivity index (χ1v) is 8.61. The van der Waals surface area contributed by atoms with Crippen molar-refractivity contribution in [3.63, 3.8) is 0 Å². The van der Waals surface area contributed by atoms with E-state index in [2.05, 4.69) is 0 Å². The molecule has 1 heterocycles. The molecule has 20 heavy (non-hydrogen) atoms. The van der Waals surface area contributed by atoms with Gasteiger partial charge in [0, 0.05) is 13.1 Å². The minimum Gasteiger partial charge on any atom is -0.387 e. The molecule has 1 fully saturated rings. The van der Waals surface area contributed by atoms with Gasteiger partial charge in [0.05, 0.1) is 11.4 Å². The van der Waals surface area contributed by atoms with Gasteiger partial charge in [-0.3, -0.25) is 0 Å². The minimum atomic E-state index is -3.30. The second-order valence-corrected chi connectivity index (χ2v) is 8.13. The van der Waals surface area contributed by atoms with E-state index >= 15 is 0 Å². The zero-order valence-corrected chi connectivity index (χ0v) is 13.1. The maximum atomic E-state index is 12.3. The lowest BCUT2D eigenvalue weighted by atomic mass is 9.85. The Kier molecular flexibility index (Phi) is 4.23. The van der Waals surface area contributed by atoms with Crippen LogP contribution in [0.1, 0.15) is 32.3 Å². The Labute approximate surface area is 121 Å². The SMILES string of the molecule is CC(CS(=O)(=O)N1CC(O)(C(C)C)C1)c1ccccc1. The summed E-state index contributed by atoms with van der Waals surface area (Å²) in [7, 11) is -3.30. The monoisotopic (exact) mass is 297 g/mol. The molecule has 0 spiro atoms. The van der Waals surface area contributed by atoms with Crippen LogP contribution in [-0.2, 0) is 10.0 Å². The van der Waals surface area contributed by atoms with Crippen LogP contribution in [0.5, 0.6) is 0 Å². The van der Waals surface area contributed by atoms with Crippen molar-refractivity contribution in [3.8, 4) is 0 Å². The third-order valence-corrected chi connectivity index (χ3v) is 6.16. The molecule has 0 radical (unpaired) electrons. The van der Waals surface area contributed by atoms with Crippen LogP contribution in [0, 0.1) is 5.92 Å². The zero-order chi connectivity index (χ0) is 15.0. The Hall–Kier alpha value is -0.910. The van der Waals surface area contributed by atoms with Gasteiger partial charge in [-0.25, -0.2) is 8.42 Å². The lowest BCUT2D eigenvalue weighted by molar-refractivity contribution is -0.0932. The molecular formula is C15H23NO3S. The Morgan fingerprint density at radius 3 is 2.25 bits per heavy atom. The molecule has 1 aromatic carbocycles. The number of hydrogen-bond acceptors (Lipinski definition) is 3. The fourth-order valence-corrected chi connectivity index (χ4v) is 4.30. The number of rotatable bonds is 5. The molecule has 0 saturated carbocycles. The highest BCUT2D eigenvalue weighted by Crippen LogP contribution is 2.32. The number of nitrogens with zero attached hydrogens (tertiary/aromatic N) is 1. The highest BCUT2D eigenvalue weighted by atomic mass is 32.2. The van der Waals surface area contributed by atoms with Crippen molar-refractivity contribution in [2.45, 2.75) is 32.3 Å². The molecule has 1 atom stereocenters. The molecule has 1 N–H and O–H groups in total. The Morgan fingerprint density at radius 2 is 1.75 bits per heavy atom. The fraction of sp³-hybridized carbons (Fsp3) is 0.600. The smallest absolute Gasteiger partial charge is 0.214 e. The minimum absolute atomic E-state index is 0.0473. The lowest BCUT2D eigenvalue weighted by Crippen LogP contribution is -2.66. The number of β-amino-alcohol motifs (C(OH)–C–C–N with tert-alkyl or cyclic N) is 1. The summed E-state index contributed by atoms with van der Waals surface area (Å²) in [5, 5.41) is 10.2. The van der Waals surface area contributed by atoms with Crippen LogP contribution >= 0.6 is 0 Å². The van der Waals surface area contributed by atoms with Gasteiger partial charge < -0.3 is 5.11 Å². The van der Waals surface area contributed by atoms with E-state index in [4.69, 9.17) is 0 Å². The first kappa shape index (κ1) is 15.5. The summed E-state index contributed by atoms with van der Waals surface area (Å²) in [5.41, 5.74) is 0.166. The number of aliphatic hydroxyl groups is 1. The van der Waals surface area contributed by atoms with Crippen LogP contribution < -0.4 is 0 Å². The maximum Gasteiger partial charge on any atom is 0.214 e. The summed E-state index contributed by atoms with van der Waals surface area (Å²) in [4.78, 5) is 0. The van der Waals surface area contributed by atoms with Gasteiger partial charge in [0.25, 0.3) is 0 Å². The average Bonchev–Trinajstić information content (AvgIpc) is 2.35. The average molecular weight is 297 g/mol. The summed E-state index contributed by atoms with van der Waals surface area (Å²) in [6, 6.07) is 9.64. The third kappa shape index (κ3) is 3.05. The molecule has 2 rings (SSSR count). The van der Waals surface area contributed by atoms with Crippen molar-refractivity contribution >= 4 is 10.0 Å². The van der Waals surface area contributed by atoms with Gasteiger partial charge >= 0.3 is 0 Å². The number of benzene rings is 1. The van der Waals surface area contributed by atoms with Gasteiger partial charge in [-0.05, 0) is 17.4 Å². The highest BCUT2D eigenvalue weighted by molar-refractivity contribution is 7.89. The molecule has 5 heteroatoms. The summed E-state index contributed by atoms with van der Waals surface area (Å²) in [6.07, 6.45) is 0. The molecule has 0 aliphatic carbocycles. The lowest BCUT2D eigenvalue weighted by Gasteiger charge is -2.48. The molecule has 112 valence electrons. The molecule has 1 aromatic rings. The van der Waals surface area contributed by atoms with Gasteiger partial charge in [0.15, 0.2) is 0 Å². The van der Waals surface area contributed by atoms with Gasteiger partial charge in [-0.2, -0.15) is 4.31 Å². The number of hydrogen-bond donors (Lipinski definition) is 1. The van der Waals surface area contributed by atoms with Crippen molar-refractivity contribution in [2.75, 3.05) is 18.8 Å². The van der Waals surface area contributed by atoms with Crippen LogP contribution in [0.2, 0.25) is 0 Å². The molecule has 1 aliphatic rings. The first-order valence-electron chi connectivity index (χ1n) is 7.00. The summed E-state index contributed by atoms with van der Waals surface area (Å²) < 4.78 is 26.0. The predicted octanol–water partition coefficient (Wildman–Crippen LogP) is 1.82. The van der Waals surface area contributed by atoms with E-state index in [0.29, 0.717) is 0 Å². The van der Waals surface area contributed by atoms with E-state index in [1.165, 1.54) is 4.31 Å². The van der Waals surface area contributed by atoms with Crippen LogP contribution in [0.25, 0.3) is 0 Å². The van der Waals surface area contributed by atoms with E-state index in [0.717, 1.165) is 5.56 Å². The fourth-order valence-electron chi connectivity index (χ4n) is 2.43. The summed E-state index contributed by atoms with van der Waals surface area (Å²) in [6.45, 7) is 6.18. The largest absolute Gasteiger partial charge is 0.387 e. The van der Waals surface area contributed by atoms with Crippen molar-refractivity contribution in [1.29, 1.82) is 0 Å². The van der Waals surface area contributed by atoms with Crippen molar-refractivity contribution in [1.82, 2.24) is 4.31 Å². The van der Waals surface area contributed by atoms with Gasteiger partial charge in [0.1, 0.15) is 0 Å². The number of sulfonamides is 1. The Morgan fingerprint density at radius 1 is 1.20 bits per heavy atom. The second kappa shape index (κ2) is 5.47. The van der Waals surface area contributed by atoms with Gasteiger partial charge in [0.2, 0.25) is 10.0 Å². The molecule has 0 amide bonds. The summed E-state index contributed by atoms with van der Waals surface area (Å²) >= 11 is 0. The van der Waals surface area contributed by atoms with E-state index < -0.39 is 15.6 Å². The van der Waals surface area contributed by atoms with Crippen LogP contribution in [-0.4, -0.2) is 42.3 Å². The topological polar surface area (TPSA) is 57.6 Å². The van der Waals surface area contributed by atoms with Gasteiger partial charge in [-0.1, -0.05) is 51.1 Å². The van der Waals surface area contributed by atoms with Crippen molar-refractivity contribution < 1.29 is 13.5 Å². The molecule has 0 aromatic heterocycles. The second-order valence-electron chi connectivity index (χ2n) is 6.12. The zero-order valence-electron chi connectivity index (χ0n) is 12.3. The molecule has 1 saturated heterocycles. The summed E-state index contributed by atoms with van der Waals surface area (Å²) in [5.74, 6) is 0.111. The van der Waals surface area contributed by atoms with Gasteiger partial charge in [-0.15, -0.1) is 0 Å². The molecule has 1 unspecified atom stereocenters. The quantitative estimate of drug-likeness (QED) is 0.902. The Bertz CT molecular complexity index is 548. The van der Waals surface area contributed by atoms with Crippen molar-refractivity contribution in [2.24, 2.45) is 5.92 Å². The van der Waals surface area contributed by atoms with Crippen LogP contribution in [0.4, 0.5) is 0 Å². The molecule has 1 aliphatic heterocycles. The molecular weight excluding hydrogens is 274 g/mol. The first-order chi connectivity index (χ1) is 9.24. The third-order valence-electron chi connectivity index (χ3n) is 4.20. The van der Waals surface area contributed by atoms with Crippen molar-refractivity contribution in [3.05, 3.63) is 35.9 Å². The van der Waals surface area contributed by atoms with Crippen LogP contribution in [0.3, 0.4) is 0 Å². The standard InChI is InChI=1S/C15H23NO3S/c1-12(2)15(17)10-16(11-15)20(18,19)9-13(3)14-7-5-4-6-8-14/h4-8,12-13,17H,9-11H2,1-3H3.